The van der Waals surface area contributed by atoms with E-state index in [0.29, 0.717) is 19.6 Å². The Labute approximate surface area is 214 Å². The van der Waals surface area contributed by atoms with Crippen LogP contribution in [0, 0.1) is 5.92 Å². The second-order valence-electron chi connectivity index (χ2n) is 10.5. The first-order valence-corrected chi connectivity index (χ1v) is 13.6. The summed E-state index contributed by atoms with van der Waals surface area (Å²) in [6, 6.07) is 18.8. The van der Waals surface area contributed by atoms with Crippen LogP contribution in [-0.2, 0) is 22.5 Å². The van der Waals surface area contributed by atoms with Crippen molar-refractivity contribution in [2.24, 2.45) is 5.92 Å². The summed E-state index contributed by atoms with van der Waals surface area (Å²) in [4.78, 5) is 12.5. The van der Waals surface area contributed by atoms with Crippen LogP contribution >= 0.6 is 0 Å². The lowest BCUT2D eigenvalue weighted by Gasteiger charge is -2.31. The van der Waals surface area contributed by atoms with Gasteiger partial charge in [0.15, 0.2) is 0 Å². The quantitative estimate of drug-likeness (QED) is 0.128. The molecule has 0 bridgehead atoms. The average molecular weight is 483 g/mol. The maximum absolute atomic E-state index is 12.5. The maximum atomic E-state index is 12.5. The number of hydrogen-bond donors (Lipinski definition) is 0. The number of unbranched alkanes of at least 4 members (excludes halogenated alkanes) is 6. The van der Waals surface area contributed by atoms with E-state index in [1.807, 2.05) is 19.1 Å². The Balaban J connectivity index is 1.63. The molecule has 1 unspecified atom stereocenters. The molecule has 2 rings (SSSR count). The monoisotopic (exact) mass is 482 g/mol. The van der Waals surface area contributed by atoms with Crippen molar-refractivity contribution in [1.29, 1.82) is 0 Å². The summed E-state index contributed by atoms with van der Waals surface area (Å²) in [5, 5.41) is 0. The van der Waals surface area contributed by atoms with Crippen molar-refractivity contribution < 1.29 is 18.8 Å². The zero-order valence-corrected chi connectivity index (χ0v) is 22.6. The Hall–Kier alpha value is -2.33. The topological polar surface area (TPSA) is 35.5 Å². The van der Waals surface area contributed by atoms with Crippen LogP contribution in [0.2, 0.25) is 0 Å². The summed E-state index contributed by atoms with van der Waals surface area (Å²) < 4.78 is 12.3. The summed E-state index contributed by atoms with van der Waals surface area (Å²) in [6.07, 6.45) is 11.0. The number of para-hydroxylation sites is 1. The zero-order valence-electron chi connectivity index (χ0n) is 22.6. The first-order valence-electron chi connectivity index (χ1n) is 13.6. The Kier molecular flexibility index (Phi) is 13.5. The molecule has 0 saturated heterocycles. The van der Waals surface area contributed by atoms with E-state index in [9.17, 15) is 4.79 Å². The molecule has 35 heavy (non-hydrogen) atoms. The fraction of sp³-hybridized carbons (Fsp3) is 0.581. The van der Waals surface area contributed by atoms with Gasteiger partial charge in [0.2, 0.25) is 0 Å². The Morgan fingerprint density at radius 3 is 2.23 bits per heavy atom. The number of quaternary nitrogens is 1. The molecule has 0 N–H and O–H groups in total. The number of esters is 1. The highest BCUT2D eigenvalue weighted by atomic mass is 16.5. The number of ether oxygens (including phenoxy) is 2. The molecule has 0 aliphatic carbocycles. The zero-order chi connectivity index (χ0) is 25.4. The number of aryl methyl sites for hydroxylation is 1. The normalized spacial score (nSPS) is 12.3. The Morgan fingerprint density at radius 1 is 0.829 bits per heavy atom. The smallest absolute Gasteiger partial charge is 0.314 e. The molecule has 2 aromatic rings. The SMILES string of the molecule is CCCCCCCCCc1ccccc1OCCCOC(=O)C(C)C[N+](C)(C)Cc1ccccc1. The summed E-state index contributed by atoms with van der Waals surface area (Å²) in [5.41, 5.74) is 2.56. The standard InChI is InChI=1S/C31H48NO3/c1-5-6-7-8-9-10-14-20-29-21-15-16-22-30(29)34-23-17-24-35-31(33)27(2)25-32(3,4)26-28-18-12-11-13-19-28/h11-13,15-16,18-19,21-22,27H,5-10,14,17,20,23-26H2,1-4H3/q+1. The lowest BCUT2D eigenvalue weighted by atomic mass is 10.0. The number of hydrogen-bond acceptors (Lipinski definition) is 3. The van der Waals surface area contributed by atoms with E-state index in [2.05, 4.69) is 63.5 Å². The van der Waals surface area contributed by atoms with Gasteiger partial charge in [-0.05, 0) is 31.4 Å². The molecular formula is C31H48NO3+. The van der Waals surface area contributed by atoms with Crippen LogP contribution in [0.3, 0.4) is 0 Å². The van der Waals surface area contributed by atoms with Gasteiger partial charge < -0.3 is 14.0 Å². The Morgan fingerprint density at radius 2 is 1.49 bits per heavy atom. The molecule has 2 aromatic carbocycles. The number of benzene rings is 2. The summed E-state index contributed by atoms with van der Waals surface area (Å²) in [6.45, 7) is 6.82. The molecule has 0 saturated carbocycles. The molecule has 194 valence electrons. The van der Waals surface area contributed by atoms with Crippen molar-refractivity contribution >= 4 is 5.97 Å². The molecule has 0 amide bonds. The van der Waals surface area contributed by atoms with Gasteiger partial charge in [-0.25, -0.2) is 0 Å². The molecule has 0 aliphatic heterocycles. The van der Waals surface area contributed by atoms with Crippen LogP contribution in [-0.4, -0.2) is 44.3 Å². The molecule has 4 nitrogen and oxygen atoms in total. The van der Waals surface area contributed by atoms with Crippen LogP contribution < -0.4 is 4.74 Å². The van der Waals surface area contributed by atoms with E-state index < -0.39 is 0 Å². The van der Waals surface area contributed by atoms with E-state index in [0.717, 1.165) is 29.7 Å². The third-order valence-electron chi connectivity index (χ3n) is 6.44. The van der Waals surface area contributed by atoms with Crippen molar-refractivity contribution in [2.45, 2.75) is 78.2 Å². The van der Waals surface area contributed by atoms with Gasteiger partial charge in [0.1, 0.15) is 18.2 Å². The highest BCUT2D eigenvalue weighted by molar-refractivity contribution is 5.72. The minimum Gasteiger partial charge on any atom is -0.493 e. The molecule has 0 aromatic heterocycles. The van der Waals surface area contributed by atoms with Crippen LogP contribution in [0.15, 0.2) is 54.6 Å². The van der Waals surface area contributed by atoms with Gasteiger partial charge in [0, 0.05) is 12.0 Å². The second kappa shape index (κ2) is 16.4. The number of carbonyl (C=O) groups excluding carboxylic acids is 1. The van der Waals surface area contributed by atoms with Gasteiger partial charge in [0.25, 0.3) is 0 Å². The predicted octanol–water partition coefficient (Wildman–Crippen LogP) is 7.20. The highest BCUT2D eigenvalue weighted by Gasteiger charge is 2.25. The van der Waals surface area contributed by atoms with E-state index >= 15 is 0 Å². The van der Waals surface area contributed by atoms with Crippen molar-refractivity contribution in [1.82, 2.24) is 0 Å². The molecule has 0 spiro atoms. The summed E-state index contributed by atoms with van der Waals surface area (Å²) in [5.74, 6) is 0.707. The molecule has 0 aliphatic rings. The first kappa shape index (κ1) is 28.9. The molecule has 0 heterocycles. The summed E-state index contributed by atoms with van der Waals surface area (Å²) in [7, 11) is 4.32. The van der Waals surface area contributed by atoms with E-state index in [1.54, 1.807) is 0 Å². The van der Waals surface area contributed by atoms with Gasteiger partial charge in [-0.1, -0.05) is 94.0 Å². The van der Waals surface area contributed by atoms with E-state index in [4.69, 9.17) is 9.47 Å². The van der Waals surface area contributed by atoms with Crippen LogP contribution in [0.5, 0.6) is 5.75 Å². The van der Waals surface area contributed by atoms with Crippen molar-refractivity contribution in [3.63, 3.8) is 0 Å². The number of nitrogens with zero attached hydrogens (tertiary/aromatic N) is 1. The van der Waals surface area contributed by atoms with Crippen molar-refractivity contribution in [3.05, 3.63) is 65.7 Å². The van der Waals surface area contributed by atoms with Gasteiger partial charge in [-0.15, -0.1) is 0 Å². The third-order valence-corrected chi connectivity index (χ3v) is 6.44. The van der Waals surface area contributed by atoms with Gasteiger partial charge >= 0.3 is 5.97 Å². The number of rotatable bonds is 18. The molecule has 0 fully saturated rings. The lowest BCUT2D eigenvalue weighted by Crippen LogP contribution is -2.44. The number of carbonyl (C=O) groups is 1. The molecular weight excluding hydrogens is 434 g/mol. The van der Waals surface area contributed by atoms with E-state index in [-0.39, 0.29) is 11.9 Å². The van der Waals surface area contributed by atoms with Gasteiger partial charge in [-0.3, -0.25) is 4.79 Å². The lowest BCUT2D eigenvalue weighted by molar-refractivity contribution is -0.905. The van der Waals surface area contributed by atoms with Crippen molar-refractivity contribution in [3.8, 4) is 5.75 Å². The molecule has 4 heteroatoms. The fourth-order valence-corrected chi connectivity index (χ4v) is 4.64. The van der Waals surface area contributed by atoms with Crippen molar-refractivity contribution in [2.75, 3.05) is 33.9 Å². The molecule has 0 radical (unpaired) electrons. The minimum atomic E-state index is -0.141. The van der Waals surface area contributed by atoms with E-state index in [1.165, 1.54) is 56.1 Å². The van der Waals surface area contributed by atoms with Crippen LogP contribution in [0.4, 0.5) is 0 Å². The van der Waals surface area contributed by atoms with Gasteiger partial charge in [0.05, 0.1) is 33.9 Å². The first-order chi connectivity index (χ1) is 16.9. The largest absolute Gasteiger partial charge is 0.493 e. The summed E-state index contributed by atoms with van der Waals surface area (Å²) >= 11 is 0. The second-order valence-corrected chi connectivity index (χ2v) is 10.5. The molecule has 1 atom stereocenters. The van der Waals surface area contributed by atoms with Crippen LogP contribution in [0.1, 0.15) is 76.3 Å². The average Bonchev–Trinajstić information content (AvgIpc) is 2.84. The third kappa shape index (κ3) is 12.3. The van der Waals surface area contributed by atoms with Gasteiger partial charge in [-0.2, -0.15) is 0 Å². The Bertz CT molecular complexity index is 834. The van der Waals surface area contributed by atoms with Crippen LogP contribution in [0.25, 0.3) is 0 Å². The minimum absolute atomic E-state index is 0.122. The highest BCUT2D eigenvalue weighted by Crippen LogP contribution is 2.21. The fourth-order valence-electron chi connectivity index (χ4n) is 4.64. The predicted molar refractivity (Wildman–Crippen MR) is 145 cm³/mol. The maximum Gasteiger partial charge on any atom is 0.314 e.